The molecule has 0 spiro atoms. The molecule has 18 nitrogen and oxygen atoms in total. The molecule has 2 aliphatic rings. The Morgan fingerprint density at radius 3 is 2.09 bits per heavy atom. The minimum Gasteiger partial charge on any atom is -0.480 e. The topological polar surface area (TPSA) is 265 Å². The average Bonchev–Trinajstić information content (AvgIpc) is 4.17. The molecule has 2 aromatic heterocycles. The number of carboxylic acid groups (broad SMARTS) is 1. The zero-order valence-electron chi connectivity index (χ0n) is 37.7. The third-order valence-corrected chi connectivity index (χ3v) is 13.3. The summed E-state index contributed by atoms with van der Waals surface area (Å²) in [5.41, 5.74) is 9.25. The number of benzene rings is 2. The lowest BCUT2D eigenvalue weighted by Crippen LogP contribution is -2.60. The number of para-hydroxylation sites is 1. The van der Waals surface area contributed by atoms with E-state index >= 15 is 0 Å². The first-order chi connectivity index (χ1) is 31.8. The Hall–Kier alpha value is -6.21. The summed E-state index contributed by atoms with van der Waals surface area (Å²) >= 11 is 1.48. The number of carboxylic acids is 1. The number of fused-ring (bicyclic) bond motifs is 1. The summed E-state index contributed by atoms with van der Waals surface area (Å²) in [4.78, 5) is 110. The summed E-state index contributed by atoms with van der Waals surface area (Å²) in [7, 11) is 0. The molecule has 2 aliphatic heterocycles. The monoisotopic (exact) mass is 926 g/mol. The third-order valence-electron chi connectivity index (χ3n) is 12.6. The highest BCUT2D eigenvalue weighted by molar-refractivity contribution is 7.98. The van der Waals surface area contributed by atoms with Gasteiger partial charge in [-0.15, -0.1) is 0 Å². The number of nitrogens with one attached hydrogen (secondary N) is 6. The summed E-state index contributed by atoms with van der Waals surface area (Å²) in [5.74, 6) is -4.33. The average molecular weight is 927 g/mol. The van der Waals surface area contributed by atoms with E-state index in [4.69, 9.17) is 5.73 Å². The number of aromatic amines is 2. The second kappa shape index (κ2) is 23.3. The molecule has 0 saturated carbocycles. The van der Waals surface area contributed by atoms with Crippen molar-refractivity contribution in [2.45, 2.75) is 114 Å². The van der Waals surface area contributed by atoms with Crippen molar-refractivity contribution < 1.29 is 38.7 Å². The summed E-state index contributed by atoms with van der Waals surface area (Å²) in [6, 6.07) is 9.21. The number of H-pyrrole nitrogens is 2. The predicted molar refractivity (Wildman–Crippen MR) is 250 cm³/mol. The number of hydrogen-bond donors (Lipinski definition) is 8. The maximum absolute atomic E-state index is 14.8. The van der Waals surface area contributed by atoms with Crippen molar-refractivity contribution >= 4 is 64.1 Å². The molecule has 6 amide bonds. The maximum atomic E-state index is 14.8. The number of amides is 6. The van der Waals surface area contributed by atoms with Crippen LogP contribution in [-0.2, 0) is 52.8 Å². The lowest BCUT2D eigenvalue weighted by molar-refractivity contribution is -0.146. The van der Waals surface area contributed by atoms with E-state index in [0.717, 1.165) is 22.0 Å². The van der Waals surface area contributed by atoms with Crippen LogP contribution < -0.4 is 27.0 Å². The van der Waals surface area contributed by atoms with Crippen LogP contribution in [0.2, 0.25) is 0 Å². The molecule has 9 N–H and O–H groups in total. The number of nitrogens with zero attached hydrogens (tertiary/aromatic N) is 3. The number of carbonyl (C=O) groups is 7. The lowest BCUT2D eigenvalue weighted by Gasteiger charge is -2.31. The van der Waals surface area contributed by atoms with E-state index in [-0.39, 0.29) is 44.1 Å². The van der Waals surface area contributed by atoms with Gasteiger partial charge in [-0.25, -0.2) is 9.78 Å². The van der Waals surface area contributed by atoms with Gasteiger partial charge in [0.15, 0.2) is 0 Å². The summed E-state index contributed by atoms with van der Waals surface area (Å²) in [6.45, 7) is 4.11. The van der Waals surface area contributed by atoms with E-state index in [1.807, 2.05) is 55.6 Å². The van der Waals surface area contributed by atoms with E-state index in [2.05, 4.69) is 36.2 Å². The number of imidazole rings is 1. The first-order valence-electron chi connectivity index (χ1n) is 22.6. The van der Waals surface area contributed by atoms with Gasteiger partial charge in [0.25, 0.3) is 0 Å². The van der Waals surface area contributed by atoms with Gasteiger partial charge in [-0.3, -0.25) is 28.8 Å². The van der Waals surface area contributed by atoms with Gasteiger partial charge in [-0.2, -0.15) is 11.8 Å². The van der Waals surface area contributed by atoms with Crippen LogP contribution in [0.3, 0.4) is 0 Å². The highest BCUT2D eigenvalue weighted by Crippen LogP contribution is 2.24. The first-order valence-corrected chi connectivity index (χ1v) is 24.0. The van der Waals surface area contributed by atoms with Crippen LogP contribution in [0.4, 0.5) is 0 Å². The molecule has 0 aliphatic carbocycles. The van der Waals surface area contributed by atoms with Gasteiger partial charge in [0, 0.05) is 61.3 Å². The van der Waals surface area contributed by atoms with Crippen LogP contribution in [0, 0.1) is 5.92 Å². The van der Waals surface area contributed by atoms with Crippen LogP contribution >= 0.6 is 11.8 Å². The van der Waals surface area contributed by atoms with E-state index in [9.17, 15) is 38.7 Å². The smallest absolute Gasteiger partial charge is 0.326 e. The van der Waals surface area contributed by atoms with Crippen LogP contribution in [0.25, 0.3) is 10.9 Å². The van der Waals surface area contributed by atoms with Crippen molar-refractivity contribution in [2.75, 3.05) is 25.1 Å². The Labute approximate surface area is 388 Å². The quantitative estimate of drug-likeness (QED) is 0.0566. The predicted octanol–water partition coefficient (Wildman–Crippen LogP) is 2.05. The van der Waals surface area contributed by atoms with Crippen LogP contribution in [0.1, 0.15) is 69.2 Å². The molecule has 2 aromatic carbocycles. The normalized spacial score (nSPS) is 18.7. The summed E-state index contributed by atoms with van der Waals surface area (Å²) < 4.78 is 0. The van der Waals surface area contributed by atoms with Gasteiger partial charge in [0.05, 0.1) is 12.4 Å². The summed E-state index contributed by atoms with van der Waals surface area (Å²) in [5, 5.41) is 22.1. The minimum absolute atomic E-state index is 0.0324. The fourth-order valence-electron chi connectivity index (χ4n) is 8.77. The number of carbonyl (C=O) groups excluding carboxylic acids is 6. The third kappa shape index (κ3) is 12.4. The number of aliphatic carboxylic acids is 1. The molecule has 0 radical (unpaired) electrons. The molecule has 354 valence electrons. The fourth-order valence-corrected chi connectivity index (χ4v) is 9.24. The number of rotatable bonds is 22. The van der Waals surface area contributed by atoms with Crippen LogP contribution in [-0.4, -0.2) is 139 Å². The van der Waals surface area contributed by atoms with Crippen LogP contribution in [0.5, 0.6) is 0 Å². The van der Waals surface area contributed by atoms with Gasteiger partial charge in [0.2, 0.25) is 35.4 Å². The van der Waals surface area contributed by atoms with Crippen molar-refractivity contribution in [3.8, 4) is 0 Å². The Kier molecular flexibility index (Phi) is 17.4. The number of likely N-dealkylation sites (tertiary alicyclic amines) is 2. The first kappa shape index (κ1) is 49.2. The van der Waals surface area contributed by atoms with E-state index in [1.165, 1.54) is 27.9 Å². The molecule has 2 fully saturated rings. The number of nitrogens with two attached hydrogens (primary N) is 1. The van der Waals surface area contributed by atoms with E-state index in [1.54, 1.807) is 31.5 Å². The van der Waals surface area contributed by atoms with Gasteiger partial charge in [-0.1, -0.05) is 68.8 Å². The molecule has 4 heterocycles. The van der Waals surface area contributed by atoms with Crippen molar-refractivity contribution in [1.29, 1.82) is 0 Å². The van der Waals surface area contributed by atoms with Crippen molar-refractivity contribution in [3.05, 3.63) is 90.1 Å². The Balaban J connectivity index is 1.23. The molecule has 2 saturated heterocycles. The molecule has 19 heteroatoms. The molecule has 0 unspecified atom stereocenters. The minimum atomic E-state index is -1.22. The summed E-state index contributed by atoms with van der Waals surface area (Å²) in [6.07, 6.45) is 9.48. The standard InChI is InChI=1S/C47H62N10O8S/c1-4-28(2)40(47(64)65)55-44(61)39-17-11-20-57(39)46(63)37(23-30-25-50-34-15-9-8-14-32(30)34)54-42(59)36(22-29-12-6-5-7-13-29)53-41(58)35(18-21-66-3)52-43(60)38-16-10-19-56(38)45(62)33(48)24-31-26-49-27-51-31/h5-9,12-15,25-28,33,35-40,50H,4,10-11,16-24,48H2,1-3H3,(H,49,51)(H,52,60)(H,53,58)(H,54,59)(H,55,61)(H,64,65)/t28-,33-,35-,36-,37-,38-,39-,40-/m0/s1. The molecular weight excluding hydrogens is 865 g/mol. The van der Waals surface area contributed by atoms with Gasteiger partial charge in [-0.05, 0) is 67.2 Å². The SMILES string of the molecule is CC[C@H](C)[C@H](NC(=O)[C@@H]1CCCN1C(=O)[C@H](Cc1c[nH]c2ccccc12)NC(=O)[C@H](Cc1ccccc1)NC(=O)[C@H](CCSC)NC(=O)[C@@H]1CCCN1C(=O)[C@@H](N)Cc1cnc[nH]1)C(=O)O. The zero-order valence-corrected chi connectivity index (χ0v) is 38.5. The largest absolute Gasteiger partial charge is 0.480 e. The zero-order chi connectivity index (χ0) is 47.3. The van der Waals surface area contributed by atoms with E-state index in [0.29, 0.717) is 50.1 Å². The lowest BCUT2D eigenvalue weighted by atomic mass is 9.98. The van der Waals surface area contributed by atoms with Crippen molar-refractivity contribution in [3.63, 3.8) is 0 Å². The Morgan fingerprint density at radius 2 is 1.44 bits per heavy atom. The second-order valence-electron chi connectivity index (χ2n) is 17.2. The molecule has 0 bridgehead atoms. The van der Waals surface area contributed by atoms with Crippen molar-refractivity contribution in [1.82, 2.24) is 46.0 Å². The molecule has 6 rings (SSSR count). The highest BCUT2D eigenvalue weighted by Gasteiger charge is 2.41. The van der Waals surface area contributed by atoms with E-state index < -0.39 is 77.8 Å². The fraction of sp³-hybridized carbons (Fsp3) is 0.489. The highest BCUT2D eigenvalue weighted by atomic mass is 32.2. The second-order valence-corrected chi connectivity index (χ2v) is 18.2. The van der Waals surface area contributed by atoms with Gasteiger partial charge in [0.1, 0.15) is 36.3 Å². The maximum Gasteiger partial charge on any atom is 0.326 e. The molecule has 66 heavy (non-hydrogen) atoms. The molecule has 4 aromatic rings. The number of hydrogen-bond acceptors (Lipinski definition) is 10. The molecule has 8 atom stereocenters. The molecular formula is C47H62N10O8S. The Morgan fingerprint density at radius 1 is 0.803 bits per heavy atom. The van der Waals surface area contributed by atoms with Crippen molar-refractivity contribution in [2.24, 2.45) is 11.7 Å². The van der Waals surface area contributed by atoms with Gasteiger partial charge < -0.3 is 51.9 Å². The van der Waals surface area contributed by atoms with Gasteiger partial charge >= 0.3 is 5.97 Å². The Bertz CT molecular complexity index is 2310. The van der Waals surface area contributed by atoms with Crippen LogP contribution in [0.15, 0.2) is 73.3 Å². The number of thioether (sulfide) groups is 1. The number of aromatic nitrogens is 3.